The molecule has 0 unspecified atom stereocenters. The molecular weight excluding hydrogens is 189 g/mol. The third kappa shape index (κ3) is 1.63. The van der Waals surface area contributed by atoms with Crippen LogP contribution in [0.2, 0.25) is 0 Å². The highest BCUT2D eigenvalue weighted by molar-refractivity contribution is 6.17. The number of fused-ring (bicyclic) bond motifs is 1. The average molecular weight is 196 g/mol. The summed E-state index contributed by atoms with van der Waals surface area (Å²) in [6.07, 6.45) is 1.70. The Morgan fingerprint density at radius 1 is 1.31 bits per heavy atom. The molecule has 1 nitrogen and oxygen atoms in total. The van der Waals surface area contributed by atoms with Gasteiger partial charge in [-0.15, -0.1) is 11.6 Å². The molecule has 0 aliphatic heterocycles. The predicted molar refractivity (Wildman–Crippen MR) is 51.3 cm³/mol. The maximum Gasteiger partial charge on any atom is 0.123 e. The molecule has 0 saturated heterocycles. The number of rotatable bonds is 1. The second-order valence-corrected chi connectivity index (χ2v) is 3.08. The summed E-state index contributed by atoms with van der Waals surface area (Å²) >= 11 is 5.63. The first-order valence-corrected chi connectivity index (χ1v) is 4.43. The number of aromatic nitrogens is 1. The molecule has 3 heteroatoms. The normalized spacial score (nSPS) is 10.6. The molecular formula is C10H7ClFN. The van der Waals surface area contributed by atoms with Crippen molar-refractivity contribution < 1.29 is 4.39 Å². The molecule has 0 aliphatic carbocycles. The summed E-state index contributed by atoms with van der Waals surface area (Å²) in [6, 6.07) is 6.36. The highest BCUT2D eigenvalue weighted by atomic mass is 35.5. The zero-order valence-corrected chi connectivity index (χ0v) is 7.55. The Hall–Kier alpha value is -1.15. The van der Waals surface area contributed by atoms with E-state index in [1.165, 1.54) is 12.1 Å². The van der Waals surface area contributed by atoms with Gasteiger partial charge in [0.15, 0.2) is 0 Å². The van der Waals surface area contributed by atoms with Crippen molar-refractivity contribution in [3.63, 3.8) is 0 Å². The van der Waals surface area contributed by atoms with Gasteiger partial charge in [0.1, 0.15) is 5.82 Å². The van der Waals surface area contributed by atoms with E-state index in [2.05, 4.69) is 4.98 Å². The fraction of sp³-hybridized carbons (Fsp3) is 0.100. The van der Waals surface area contributed by atoms with Gasteiger partial charge in [-0.05, 0) is 29.8 Å². The van der Waals surface area contributed by atoms with E-state index >= 15 is 0 Å². The third-order valence-electron chi connectivity index (χ3n) is 1.85. The summed E-state index contributed by atoms with van der Waals surface area (Å²) in [6.45, 7) is 0. The van der Waals surface area contributed by atoms with Gasteiger partial charge in [-0.2, -0.15) is 0 Å². The average Bonchev–Trinajstić information content (AvgIpc) is 2.16. The minimum absolute atomic E-state index is 0.249. The first-order chi connectivity index (χ1) is 6.29. The van der Waals surface area contributed by atoms with Gasteiger partial charge in [-0.25, -0.2) is 4.39 Å². The van der Waals surface area contributed by atoms with Crippen LogP contribution in [0.25, 0.3) is 10.9 Å². The molecule has 0 aliphatic rings. The summed E-state index contributed by atoms with van der Waals surface area (Å²) in [5.74, 6) is 0.153. The van der Waals surface area contributed by atoms with Gasteiger partial charge in [0, 0.05) is 17.5 Å². The Kier molecular flexibility index (Phi) is 2.15. The SMILES string of the molecule is Fc1ccc2ncc(CCl)cc2c1. The van der Waals surface area contributed by atoms with E-state index in [9.17, 15) is 4.39 Å². The minimum Gasteiger partial charge on any atom is -0.256 e. The number of pyridine rings is 1. The van der Waals surface area contributed by atoms with Gasteiger partial charge in [0.25, 0.3) is 0 Å². The van der Waals surface area contributed by atoms with E-state index < -0.39 is 0 Å². The zero-order chi connectivity index (χ0) is 9.26. The Balaban J connectivity index is 2.68. The smallest absolute Gasteiger partial charge is 0.123 e. The lowest BCUT2D eigenvalue weighted by atomic mass is 10.2. The van der Waals surface area contributed by atoms with Crippen LogP contribution in [-0.2, 0) is 5.88 Å². The van der Waals surface area contributed by atoms with E-state index in [1.54, 1.807) is 12.3 Å². The van der Waals surface area contributed by atoms with Gasteiger partial charge in [-0.1, -0.05) is 0 Å². The monoisotopic (exact) mass is 195 g/mol. The first kappa shape index (κ1) is 8.45. The number of alkyl halides is 1. The van der Waals surface area contributed by atoms with Crippen molar-refractivity contribution in [2.45, 2.75) is 5.88 Å². The maximum absolute atomic E-state index is 12.8. The molecule has 0 N–H and O–H groups in total. The van der Waals surface area contributed by atoms with Crippen LogP contribution in [0.4, 0.5) is 4.39 Å². The Morgan fingerprint density at radius 3 is 2.92 bits per heavy atom. The molecule has 13 heavy (non-hydrogen) atoms. The fourth-order valence-corrected chi connectivity index (χ4v) is 1.37. The summed E-state index contributed by atoms with van der Waals surface area (Å²) in [7, 11) is 0. The van der Waals surface area contributed by atoms with Crippen LogP contribution >= 0.6 is 11.6 Å². The van der Waals surface area contributed by atoms with Gasteiger partial charge in [0.2, 0.25) is 0 Å². The largest absolute Gasteiger partial charge is 0.256 e. The number of hydrogen-bond acceptors (Lipinski definition) is 1. The van der Waals surface area contributed by atoms with E-state index in [0.29, 0.717) is 5.88 Å². The molecule has 1 aromatic carbocycles. The van der Waals surface area contributed by atoms with Crippen molar-refractivity contribution in [2.24, 2.45) is 0 Å². The predicted octanol–water partition coefficient (Wildman–Crippen LogP) is 3.11. The molecule has 0 atom stereocenters. The molecule has 1 aromatic heterocycles. The van der Waals surface area contributed by atoms with E-state index in [1.807, 2.05) is 6.07 Å². The molecule has 2 aromatic rings. The summed E-state index contributed by atoms with van der Waals surface area (Å²) in [5.41, 5.74) is 1.69. The lowest BCUT2D eigenvalue weighted by molar-refractivity contribution is 0.629. The molecule has 2 rings (SSSR count). The number of halogens is 2. The Bertz CT molecular complexity index is 442. The van der Waals surface area contributed by atoms with Crippen LogP contribution in [0.5, 0.6) is 0 Å². The number of benzene rings is 1. The molecule has 0 spiro atoms. The van der Waals surface area contributed by atoms with Gasteiger partial charge < -0.3 is 0 Å². The molecule has 0 radical (unpaired) electrons. The van der Waals surface area contributed by atoms with Crippen LogP contribution in [0, 0.1) is 5.82 Å². The molecule has 1 heterocycles. The van der Waals surface area contributed by atoms with Crippen molar-refractivity contribution in [1.82, 2.24) is 4.98 Å². The molecule has 0 bridgehead atoms. The Morgan fingerprint density at radius 2 is 2.15 bits per heavy atom. The first-order valence-electron chi connectivity index (χ1n) is 3.90. The maximum atomic E-state index is 12.8. The topological polar surface area (TPSA) is 12.9 Å². The van der Waals surface area contributed by atoms with Crippen molar-refractivity contribution >= 4 is 22.5 Å². The molecule has 0 amide bonds. The van der Waals surface area contributed by atoms with Gasteiger partial charge in [0.05, 0.1) is 5.52 Å². The molecule has 0 fully saturated rings. The van der Waals surface area contributed by atoms with Crippen LogP contribution in [-0.4, -0.2) is 4.98 Å². The van der Waals surface area contributed by atoms with Crippen molar-refractivity contribution in [3.05, 3.63) is 41.8 Å². The van der Waals surface area contributed by atoms with E-state index in [-0.39, 0.29) is 5.82 Å². The van der Waals surface area contributed by atoms with Crippen LogP contribution in [0.15, 0.2) is 30.5 Å². The van der Waals surface area contributed by atoms with Crippen molar-refractivity contribution in [1.29, 1.82) is 0 Å². The van der Waals surface area contributed by atoms with Crippen molar-refractivity contribution in [3.8, 4) is 0 Å². The summed E-state index contributed by atoms with van der Waals surface area (Å²) < 4.78 is 12.8. The van der Waals surface area contributed by atoms with Gasteiger partial charge in [-0.3, -0.25) is 4.98 Å². The van der Waals surface area contributed by atoms with E-state index in [4.69, 9.17) is 11.6 Å². The summed E-state index contributed by atoms with van der Waals surface area (Å²) in [5, 5.41) is 0.790. The van der Waals surface area contributed by atoms with Crippen LogP contribution in [0.3, 0.4) is 0 Å². The lowest BCUT2D eigenvalue weighted by Gasteiger charge is -1.99. The highest BCUT2D eigenvalue weighted by Gasteiger charge is 1.98. The molecule has 0 saturated carbocycles. The molecule has 66 valence electrons. The second kappa shape index (κ2) is 3.30. The van der Waals surface area contributed by atoms with Crippen molar-refractivity contribution in [2.75, 3.05) is 0 Å². The zero-order valence-electron chi connectivity index (χ0n) is 6.80. The van der Waals surface area contributed by atoms with Crippen LogP contribution in [0.1, 0.15) is 5.56 Å². The second-order valence-electron chi connectivity index (χ2n) is 2.81. The van der Waals surface area contributed by atoms with Gasteiger partial charge >= 0.3 is 0 Å². The Labute approximate surface area is 80.2 Å². The summed E-state index contributed by atoms with van der Waals surface area (Å²) in [4.78, 5) is 4.14. The number of nitrogens with zero attached hydrogens (tertiary/aromatic N) is 1. The lowest BCUT2D eigenvalue weighted by Crippen LogP contribution is -1.84. The standard InChI is InChI=1S/C10H7ClFN/c11-5-7-3-8-4-9(12)1-2-10(8)13-6-7/h1-4,6H,5H2. The third-order valence-corrected chi connectivity index (χ3v) is 2.16. The minimum atomic E-state index is -0.249. The highest BCUT2D eigenvalue weighted by Crippen LogP contribution is 2.15. The number of hydrogen-bond donors (Lipinski definition) is 0. The fourth-order valence-electron chi connectivity index (χ4n) is 1.22. The van der Waals surface area contributed by atoms with E-state index in [0.717, 1.165) is 16.5 Å². The quantitative estimate of drug-likeness (QED) is 0.638. The van der Waals surface area contributed by atoms with Crippen LogP contribution < -0.4 is 0 Å².